The van der Waals surface area contributed by atoms with Gasteiger partial charge < -0.3 is 9.64 Å². The first-order chi connectivity index (χ1) is 12.7. The maximum Gasteiger partial charge on any atom is 0.255 e. The Morgan fingerprint density at radius 2 is 2.23 bits per heavy atom. The SMILES string of the molecule is CCc1nccc(CN2C[C@@H]3COC[C@H](C2)N(C(=O)c2ccsc2)C3)n1. The van der Waals surface area contributed by atoms with E-state index in [-0.39, 0.29) is 11.9 Å². The number of thiophene rings is 1. The number of ether oxygens (including phenoxy) is 1. The van der Waals surface area contributed by atoms with E-state index in [1.807, 2.05) is 34.0 Å². The van der Waals surface area contributed by atoms with Crippen molar-refractivity contribution < 1.29 is 9.53 Å². The van der Waals surface area contributed by atoms with Gasteiger partial charge in [-0.1, -0.05) is 6.92 Å². The van der Waals surface area contributed by atoms with Gasteiger partial charge in [0, 0.05) is 50.1 Å². The number of carbonyl (C=O) groups excluding carboxylic acids is 1. The van der Waals surface area contributed by atoms with Gasteiger partial charge in [0.2, 0.25) is 0 Å². The van der Waals surface area contributed by atoms with Crippen molar-refractivity contribution in [3.05, 3.63) is 46.2 Å². The average Bonchev–Trinajstić information content (AvgIpc) is 3.04. The zero-order valence-corrected chi connectivity index (χ0v) is 15.8. The summed E-state index contributed by atoms with van der Waals surface area (Å²) in [4.78, 5) is 26.3. The highest BCUT2D eigenvalue weighted by Crippen LogP contribution is 2.23. The van der Waals surface area contributed by atoms with Crippen LogP contribution in [-0.2, 0) is 17.7 Å². The molecule has 2 saturated heterocycles. The Morgan fingerprint density at radius 1 is 1.31 bits per heavy atom. The summed E-state index contributed by atoms with van der Waals surface area (Å²) in [6.07, 6.45) is 2.69. The number of fused-ring (bicyclic) bond motifs is 3. The van der Waals surface area contributed by atoms with Crippen LogP contribution in [0.4, 0.5) is 0 Å². The van der Waals surface area contributed by atoms with Gasteiger partial charge in [0.1, 0.15) is 5.82 Å². The second-order valence-electron chi connectivity index (χ2n) is 7.04. The fraction of sp³-hybridized carbons (Fsp3) is 0.526. The number of aromatic nitrogens is 2. The Balaban J connectivity index is 1.51. The number of hydrogen-bond donors (Lipinski definition) is 0. The van der Waals surface area contributed by atoms with E-state index in [1.165, 1.54) is 0 Å². The van der Waals surface area contributed by atoms with Crippen molar-refractivity contribution in [3.8, 4) is 0 Å². The van der Waals surface area contributed by atoms with Gasteiger partial charge in [-0.3, -0.25) is 9.69 Å². The Bertz CT molecular complexity index is 752. The molecule has 4 rings (SSSR count). The van der Waals surface area contributed by atoms with Crippen molar-refractivity contribution in [2.75, 3.05) is 32.8 Å². The van der Waals surface area contributed by atoms with Gasteiger partial charge in [0.25, 0.3) is 5.91 Å². The maximum absolute atomic E-state index is 12.9. The summed E-state index contributed by atoms with van der Waals surface area (Å²) in [6, 6.07) is 3.99. The standard InChI is InChI=1S/C19H24N4O2S/c1-2-18-20-5-3-16(21-18)9-22-7-14-8-23(17(10-22)12-25-11-14)19(24)15-4-6-26-13-15/h3-6,13-14,17H,2,7-12H2,1H3/t14-,17-/m0/s1. The molecule has 0 radical (unpaired) electrons. The van der Waals surface area contributed by atoms with E-state index < -0.39 is 0 Å². The first kappa shape index (κ1) is 17.6. The topological polar surface area (TPSA) is 58.6 Å². The third kappa shape index (κ3) is 3.79. The van der Waals surface area contributed by atoms with Crippen LogP contribution in [0.2, 0.25) is 0 Å². The van der Waals surface area contributed by atoms with Crippen molar-refractivity contribution in [1.82, 2.24) is 19.8 Å². The third-order valence-corrected chi connectivity index (χ3v) is 5.72. The van der Waals surface area contributed by atoms with E-state index in [0.29, 0.717) is 19.1 Å². The third-order valence-electron chi connectivity index (χ3n) is 5.04. The molecule has 6 nitrogen and oxygen atoms in total. The number of amides is 1. The first-order valence-electron chi connectivity index (χ1n) is 9.17. The molecule has 2 fully saturated rings. The first-order valence-corrected chi connectivity index (χ1v) is 10.1. The summed E-state index contributed by atoms with van der Waals surface area (Å²) < 4.78 is 5.85. The normalized spacial score (nSPS) is 23.7. The number of nitrogens with zero attached hydrogens (tertiary/aromatic N) is 4. The lowest BCUT2D eigenvalue weighted by Crippen LogP contribution is -2.46. The molecule has 26 heavy (non-hydrogen) atoms. The van der Waals surface area contributed by atoms with Crippen LogP contribution in [0, 0.1) is 5.92 Å². The monoisotopic (exact) mass is 372 g/mol. The highest BCUT2D eigenvalue weighted by Gasteiger charge is 2.36. The van der Waals surface area contributed by atoms with Gasteiger partial charge in [0.15, 0.2) is 0 Å². The van der Waals surface area contributed by atoms with Gasteiger partial charge in [-0.05, 0) is 17.5 Å². The number of hydrogen-bond acceptors (Lipinski definition) is 6. The molecule has 2 aliphatic heterocycles. The predicted molar refractivity (Wildman–Crippen MR) is 100 cm³/mol. The fourth-order valence-electron chi connectivity index (χ4n) is 3.80. The van der Waals surface area contributed by atoms with E-state index >= 15 is 0 Å². The molecule has 138 valence electrons. The molecule has 0 aliphatic carbocycles. The van der Waals surface area contributed by atoms with Crippen LogP contribution in [0.15, 0.2) is 29.1 Å². The summed E-state index contributed by atoms with van der Waals surface area (Å²) >= 11 is 1.56. The van der Waals surface area contributed by atoms with Gasteiger partial charge in [-0.25, -0.2) is 9.97 Å². The van der Waals surface area contributed by atoms with Crippen LogP contribution in [0.5, 0.6) is 0 Å². The summed E-state index contributed by atoms with van der Waals surface area (Å²) in [5.41, 5.74) is 1.84. The Kier molecular flexibility index (Phi) is 5.28. The molecule has 7 heteroatoms. The fourth-order valence-corrected chi connectivity index (χ4v) is 4.43. The van der Waals surface area contributed by atoms with Crippen molar-refractivity contribution in [1.29, 1.82) is 0 Å². The minimum absolute atomic E-state index is 0.0855. The van der Waals surface area contributed by atoms with Crippen LogP contribution in [0.25, 0.3) is 0 Å². The minimum Gasteiger partial charge on any atom is -0.379 e. The van der Waals surface area contributed by atoms with E-state index in [4.69, 9.17) is 4.74 Å². The molecule has 2 aromatic rings. The van der Waals surface area contributed by atoms with Gasteiger partial charge in [-0.15, -0.1) is 0 Å². The lowest BCUT2D eigenvalue weighted by atomic mass is 10.1. The molecule has 2 aromatic heterocycles. The molecule has 1 amide bonds. The molecule has 0 spiro atoms. The molecule has 0 saturated carbocycles. The minimum atomic E-state index is 0.0855. The largest absolute Gasteiger partial charge is 0.379 e. The van der Waals surface area contributed by atoms with Crippen molar-refractivity contribution in [2.24, 2.45) is 5.92 Å². The highest BCUT2D eigenvalue weighted by atomic mass is 32.1. The van der Waals surface area contributed by atoms with E-state index in [0.717, 1.165) is 49.7 Å². The number of aryl methyl sites for hydroxylation is 1. The van der Waals surface area contributed by atoms with Crippen molar-refractivity contribution in [2.45, 2.75) is 25.9 Å². The zero-order chi connectivity index (χ0) is 17.9. The lowest BCUT2D eigenvalue weighted by Gasteiger charge is -2.31. The molecule has 0 unspecified atom stereocenters. The second kappa shape index (κ2) is 7.82. The van der Waals surface area contributed by atoms with Crippen molar-refractivity contribution in [3.63, 3.8) is 0 Å². The summed E-state index contributed by atoms with van der Waals surface area (Å²) in [7, 11) is 0. The van der Waals surface area contributed by atoms with Gasteiger partial charge >= 0.3 is 0 Å². The molecule has 2 bridgehead atoms. The van der Waals surface area contributed by atoms with Crippen LogP contribution >= 0.6 is 11.3 Å². The smallest absolute Gasteiger partial charge is 0.255 e. The highest BCUT2D eigenvalue weighted by molar-refractivity contribution is 7.08. The molecule has 0 aromatic carbocycles. The Morgan fingerprint density at radius 3 is 3.04 bits per heavy atom. The van der Waals surface area contributed by atoms with Gasteiger partial charge in [0.05, 0.1) is 30.5 Å². The van der Waals surface area contributed by atoms with Crippen LogP contribution in [0.1, 0.15) is 28.8 Å². The van der Waals surface area contributed by atoms with Gasteiger partial charge in [-0.2, -0.15) is 11.3 Å². The second-order valence-corrected chi connectivity index (χ2v) is 7.82. The van der Waals surface area contributed by atoms with Crippen LogP contribution < -0.4 is 0 Å². The van der Waals surface area contributed by atoms with E-state index in [9.17, 15) is 4.79 Å². The number of carbonyl (C=O) groups is 1. The quantitative estimate of drug-likeness (QED) is 0.822. The molecule has 4 heterocycles. The molecular formula is C19H24N4O2S. The van der Waals surface area contributed by atoms with Crippen LogP contribution in [0.3, 0.4) is 0 Å². The zero-order valence-electron chi connectivity index (χ0n) is 15.0. The Hall–Kier alpha value is -1.83. The van der Waals surface area contributed by atoms with Crippen LogP contribution in [-0.4, -0.2) is 64.6 Å². The van der Waals surface area contributed by atoms with E-state index in [2.05, 4.69) is 21.8 Å². The number of rotatable bonds is 4. The molecular weight excluding hydrogens is 348 g/mol. The average molecular weight is 372 g/mol. The predicted octanol–water partition coefficient (Wildman–Crippen LogP) is 2.07. The Labute approximate surface area is 157 Å². The lowest BCUT2D eigenvalue weighted by molar-refractivity contribution is 0.0422. The van der Waals surface area contributed by atoms with E-state index in [1.54, 1.807) is 11.3 Å². The summed E-state index contributed by atoms with van der Waals surface area (Å²) in [6.45, 7) is 6.69. The molecule has 2 aliphatic rings. The molecule has 2 atom stereocenters. The maximum atomic E-state index is 12.9. The molecule has 0 N–H and O–H groups in total. The van der Waals surface area contributed by atoms with Crippen molar-refractivity contribution >= 4 is 17.2 Å². The summed E-state index contributed by atoms with van der Waals surface area (Å²) in [5.74, 6) is 1.34. The summed E-state index contributed by atoms with van der Waals surface area (Å²) in [5, 5.41) is 3.89.